The van der Waals surface area contributed by atoms with Gasteiger partial charge < -0.3 is 11.1 Å². The number of benzene rings is 1. The van der Waals surface area contributed by atoms with Crippen molar-refractivity contribution in [1.29, 1.82) is 0 Å². The molecule has 0 radical (unpaired) electrons. The van der Waals surface area contributed by atoms with Crippen LogP contribution in [0.2, 0.25) is 0 Å². The van der Waals surface area contributed by atoms with E-state index in [1.54, 1.807) is 18.3 Å². The maximum absolute atomic E-state index is 11.1. The maximum Gasteiger partial charge on any atom is 0.269 e. The topological polar surface area (TPSA) is 93.8 Å². The van der Waals surface area contributed by atoms with E-state index in [1.165, 1.54) is 0 Å². The first kappa shape index (κ1) is 15.6. The predicted molar refractivity (Wildman–Crippen MR) is 91.4 cm³/mol. The van der Waals surface area contributed by atoms with E-state index < -0.39 is 5.91 Å². The zero-order valence-electron chi connectivity index (χ0n) is 13.2. The minimum atomic E-state index is -0.603. The number of aromatic nitrogens is 3. The Kier molecular flexibility index (Phi) is 4.47. The highest BCUT2D eigenvalue weighted by Gasteiger charge is 2.16. The van der Waals surface area contributed by atoms with Crippen LogP contribution in [0.25, 0.3) is 0 Å². The van der Waals surface area contributed by atoms with E-state index in [1.807, 2.05) is 43.3 Å². The Morgan fingerprint density at radius 3 is 2.58 bits per heavy atom. The van der Waals surface area contributed by atoms with Gasteiger partial charge in [-0.2, -0.15) is 0 Å². The third kappa shape index (κ3) is 3.55. The smallest absolute Gasteiger partial charge is 0.269 e. The van der Waals surface area contributed by atoms with Crippen LogP contribution in [0.4, 0.5) is 5.82 Å². The minimum absolute atomic E-state index is 0.130. The van der Waals surface area contributed by atoms with Gasteiger partial charge in [0.2, 0.25) is 0 Å². The highest BCUT2D eigenvalue weighted by molar-refractivity contribution is 5.90. The van der Waals surface area contributed by atoms with Gasteiger partial charge in [0, 0.05) is 6.20 Å². The number of hydrogen-bond acceptors (Lipinski definition) is 5. The van der Waals surface area contributed by atoms with Crippen molar-refractivity contribution in [2.45, 2.75) is 13.0 Å². The number of carbonyl (C=O) groups excluding carboxylic acids is 1. The highest BCUT2D eigenvalue weighted by atomic mass is 16.1. The predicted octanol–water partition coefficient (Wildman–Crippen LogP) is 2.48. The molecule has 1 aromatic carbocycles. The molecule has 0 saturated heterocycles. The van der Waals surface area contributed by atoms with Crippen molar-refractivity contribution in [2.75, 3.05) is 5.32 Å². The molecule has 2 heterocycles. The van der Waals surface area contributed by atoms with Gasteiger partial charge in [0.15, 0.2) is 5.69 Å². The summed E-state index contributed by atoms with van der Waals surface area (Å²) >= 11 is 0. The van der Waals surface area contributed by atoms with Crippen LogP contribution in [0.1, 0.15) is 33.4 Å². The Balaban J connectivity index is 1.94. The van der Waals surface area contributed by atoms with Gasteiger partial charge in [-0.15, -0.1) is 10.2 Å². The van der Waals surface area contributed by atoms with E-state index in [-0.39, 0.29) is 11.7 Å². The van der Waals surface area contributed by atoms with Gasteiger partial charge in [-0.25, -0.2) is 0 Å². The van der Waals surface area contributed by atoms with Gasteiger partial charge in [-0.1, -0.05) is 35.9 Å². The van der Waals surface area contributed by atoms with Crippen LogP contribution in [-0.4, -0.2) is 21.1 Å². The lowest BCUT2D eigenvalue weighted by Gasteiger charge is -2.19. The number of nitrogens with zero attached hydrogens (tertiary/aromatic N) is 3. The van der Waals surface area contributed by atoms with Crippen LogP contribution in [0.3, 0.4) is 0 Å². The summed E-state index contributed by atoms with van der Waals surface area (Å²) < 4.78 is 0. The number of anilines is 1. The SMILES string of the molecule is Cc1cccc(C(Nc2ccc(C(N)=O)nn2)c2ccccn2)c1. The highest BCUT2D eigenvalue weighted by Crippen LogP contribution is 2.25. The van der Waals surface area contributed by atoms with Crippen molar-refractivity contribution in [3.8, 4) is 0 Å². The second kappa shape index (κ2) is 6.87. The summed E-state index contributed by atoms with van der Waals surface area (Å²) in [6, 6.07) is 17.0. The summed E-state index contributed by atoms with van der Waals surface area (Å²) in [7, 11) is 0. The number of rotatable bonds is 5. The van der Waals surface area contributed by atoms with Gasteiger partial charge in [-0.05, 0) is 36.8 Å². The van der Waals surface area contributed by atoms with Crippen molar-refractivity contribution in [1.82, 2.24) is 15.2 Å². The molecule has 0 bridgehead atoms. The second-order valence-corrected chi connectivity index (χ2v) is 5.41. The number of nitrogens with one attached hydrogen (secondary N) is 1. The quantitative estimate of drug-likeness (QED) is 0.753. The van der Waals surface area contributed by atoms with Gasteiger partial charge >= 0.3 is 0 Å². The van der Waals surface area contributed by atoms with Crippen molar-refractivity contribution in [3.05, 3.63) is 83.3 Å². The van der Waals surface area contributed by atoms with Crippen LogP contribution >= 0.6 is 0 Å². The molecule has 3 N–H and O–H groups in total. The van der Waals surface area contributed by atoms with Crippen LogP contribution in [0, 0.1) is 6.92 Å². The third-order valence-corrected chi connectivity index (χ3v) is 3.57. The molecular weight excluding hydrogens is 302 g/mol. The molecule has 1 atom stereocenters. The lowest BCUT2D eigenvalue weighted by atomic mass is 10.0. The molecule has 0 aliphatic heterocycles. The molecule has 0 spiro atoms. The molecular formula is C18H17N5O. The van der Waals surface area contributed by atoms with Crippen molar-refractivity contribution in [2.24, 2.45) is 5.73 Å². The van der Waals surface area contributed by atoms with Gasteiger partial charge in [-0.3, -0.25) is 9.78 Å². The molecule has 3 rings (SSSR count). The number of aryl methyl sites for hydroxylation is 1. The summed E-state index contributed by atoms with van der Waals surface area (Å²) in [5, 5.41) is 11.2. The normalized spacial score (nSPS) is 11.7. The first-order valence-electron chi connectivity index (χ1n) is 7.51. The number of hydrogen-bond donors (Lipinski definition) is 2. The monoisotopic (exact) mass is 319 g/mol. The molecule has 0 saturated carbocycles. The molecule has 0 fully saturated rings. The van der Waals surface area contributed by atoms with Crippen LogP contribution in [0.15, 0.2) is 60.8 Å². The fraction of sp³-hybridized carbons (Fsp3) is 0.111. The van der Waals surface area contributed by atoms with E-state index in [9.17, 15) is 4.79 Å². The molecule has 6 nitrogen and oxygen atoms in total. The van der Waals surface area contributed by atoms with E-state index in [0.717, 1.165) is 16.8 Å². The Labute approximate surface area is 139 Å². The molecule has 1 amide bonds. The fourth-order valence-corrected chi connectivity index (χ4v) is 2.41. The molecule has 120 valence electrons. The third-order valence-electron chi connectivity index (χ3n) is 3.57. The standard InChI is InChI=1S/C18H17N5O/c1-12-5-4-6-13(11-12)17(14-7-2-3-10-20-14)21-16-9-8-15(18(19)24)22-23-16/h2-11,17H,1H3,(H2,19,24)(H,21,23). The molecule has 24 heavy (non-hydrogen) atoms. The van der Waals surface area contributed by atoms with Crippen LogP contribution in [-0.2, 0) is 0 Å². The summed E-state index contributed by atoms with van der Waals surface area (Å²) in [6.07, 6.45) is 1.75. The second-order valence-electron chi connectivity index (χ2n) is 5.41. The lowest BCUT2D eigenvalue weighted by Crippen LogP contribution is -2.17. The minimum Gasteiger partial charge on any atom is -0.364 e. The maximum atomic E-state index is 11.1. The fourth-order valence-electron chi connectivity index (χ4n) is 2.41. The molecule has 2 aromatic heterocycles. The molecule has 6 heteroatoms. The summed E-state index contributed by atoms with van der Waals surface area (Å²) in [5.41, 5.74) is 8.41. The van der Waals surface area contributed by atoms with E-state index in [4.69, 9.17) is 5.73 Å². The number of carbonyl (C=O) groups is 1. The van der Waals surface area contributed by atoms with Crippen LogP contribution in [0.5, 0.6) is 0 Å². The molecule has 0 aliphatic rings. The number of pyridine rings is 1. The molecule has 0 aliphatic carbocycles. The summed E-state index contributed by atoms with van der Waals surface area (Å²) in [4.78, 5) is 15.5. The molecule has 1 unspecified atom stereocenters. The number of primary amides is 1. The average Bonchev–Trinajstić information content (AvgIpc) is 2.61. The van der Waals surface area contributed by atoms with Crippen molar-refractivity contribution < 1.29 is 4.79 Å². The lowest BCUT2D eigenvalue weighted by molar-refractivity contribution is 0.0994. The van der Waals surface area contributed by atoms with E-state index in [0.29, 0.717) is 5.82 Å². The zero-order valence-corrected chi connectivity index (χ0v) is 13.2. The number of amides is 1. The first-order chi connectivity index (χ1) is 11.6. The van der Waals surface area contributed by atoms with E-state index in [2.05, 4.69) is 26.6 Å². The average molecular weight is 319 g/mol. The molecule has 3 aromatic rings. The Bertz CT molecular complexity index is 834. The van der Waals surface area contributed by atoms with Gasteiger partial charge in [0.25, 0.3) is 5.91 Å². The summed E-state index contributed by atoms with van der Waals surface area (Å²) in [5.74, 6) is -0.0637. The van der Waals surface area contributed by atoms with Crippen molar-refractivity contribution >= 4 is 11.7 Å². The Morgan fingerprint density at radius 2 is 1.96 bits per heavy atom. The Hall–Kier alpha value is -3.28. The summed E-state index contributed by atoms with van der Waals surface area (Å²) in [6.45, 7) is 2.04. The first-order valence-corrected chi connectivity index (χ1v) is 7.51. The van der Waals surface area contributed by atoms with Gasteiger partial charge in [0.1, 0.15) is 5.82 Å². The van der Waals surface area contributed by atoms with Crippen LogP contribution < -0.4 is 11.1 Å². The van der Waals surface area contributed by atoms with Gasteiger partial charge in [0.05, 0.1) is 11.7 Å². The largest absolute Gasteiger partial charge is 0.364 e. The van der Waals surface area contributed by atoms with E-state index >= 15 is 0 Å². The van der Waals surface area contributed by atoms with Crippen molar-refractivity contribution in [3.63, 3.8) is 0 Å². The zero-order chi connectivity index (χ0) is 16.9. The Morgan fingerprint density at radius 1 is 1.08 bits per heavy atom. The number of nitrogens with two attached hydrogens (primary N) is 1.